The Morgan fingerprint density at radius 1 is 1.04 bits per heavy atom. The van der Waals surface area contributed by atoms with E-state index in [4.69, 9.17) is 16.6 Å². The van der Waals surface area contributed by atoms with Crippen molar-refractivity contribution in [3.05, 3.63) is 53.1 Å². The number of benzene rings is 2. The van der Waals surface area contributed by atoms with Gasteiger partial charge in [0.05, 0.1) is 5.69 Å². The van der Waals surface area contributed by atoms with Gasteiger partial charge in [0.2, 0.25) is 0 Å². The van der Waals surface area contributed by atoms with Crippen LogP contribution in [0.3, 0.4) is 0 Å². The van der Waals surface area contributed by atoms with Crippen LogP contribution in [-0.4, -0.2) is 36.9 Å². The number of fused-ring (bicyclic) bond motifs is 2. The number of halogens is 1. The zero-order chi connectivity index (χ0) is 16.9. The topological polar surface area (TPSA) is 27.6 Å². The average molecular weight is 360 g/mol. The van der Waals surface area contributed by atoms with E-state index in [-0.39, 0.29) is 0 Å². The molecule has 1 fully saturated rings. The van der Waals surface area contributed by atoms with Gasteiger partial charge in [0.1, 0.15) is 5.84 Å². The van der Waals surface area contributed by atoms with E-state index >= 15 is 0 Å². The van der Waals surface area contributed by atoms with Gasteiger partial charge in [-0.1, -0.05) is 49.3 Å². The SMILES string of the molecule is CC.Clc1ccc2c(c1)C(N1CCNCC1)=Nc1ccccc1S2. The molecule has 2 aliphatic rings. The molecule has 126 valence electrons. The van der Waals surface area contributed by atoms with Crippen LogP contribution in [0.5, 0.6) is 0 Å². The molecular weight excluding hydrogens is 338 g/mol. The Hall–Kier alpha value is -1.49. The van der Waals surface area contributed by atoms with Crippen molar-refractivity contribution < 1.29 is 0 Å². The highest BCUT2D eigenvalue weighted by Gasteiger charge is 2.23. The Kier molecular flexibility index (Phi) is 5.82. The summed E-state index contributed by atoms with van der Waals surface area (Å²) in [4.78, 5) is 9.74. The minimum atomic E-state index is 0.758. The van der Waals surface area contributed by atoms with Gasteiger partial charge in [-0.15, -0.1) is 0 Å². The summed E-state index contributed by atoms with van der Waals surface area (Å²) in [6.07, 6.45) is 0. The Balaban J connectivity index is 0.000000815. The van der Waals surface area contributed by atoms with Gasteiger partial charge in [0.15, 0.2) is 0 Å². The first-order chi connectivity index (χ1) is 11.8. The van der Waals surface area contributed by atoms with Crippen LogP contribution in [-0.2, 0) is 0 Å². The van der Waals surface area contributed by atoms with Crippen molar-refractivity contribution in [3.63, 3.8) is 0 Å². The molecule has 0 atom stereocenters. The fraction of sp³-hybridized carbons (Fsp3) is 0.316. The van der Waals surface area contributed by atoms with E-state index in [1.54, 1.807) is 11.8 Å². The lowest BCUT2D eigenvalue weighted by atomic mass is 10.1. The lowest BCUT2D eigenvalue weighted by molar-refractivity contribution is 0.358. The number of amidine groups is 1. The molecule has 0 saturated carbocycles. The van der Waals surface area contributed by atoms with Crippen molar-refractivity contribution >= 4 is 34.9 Å². The molecule has 1 saturated heterocycles. The van der Waals surface area contributed by atoms with Gasteiger partial charge < -0.3 is 10.2 Å². The van der Waals surface area contributed by atoms with Gasteiger partial charge in [0.25, 0.3) is 0 Å². The van der Waals surface area contributed by atoms with Crippen molar-refractivity contribution in [1.29, 1.82) is 0 Å². The standard InChI is InChI=1S/C17H16ClN3S.C2H6/c18-12-5-6-15-13(11-12)17(21-9-7-19-8-10-21)20-14-3-1-2-4-16(14)22-15;1-2/h1-6,11,19H,7-10H2;1-2H3. The van der Waals surface area contributed by atoms with Crippen LogP contribution < -0.4 is 5.32 Å². The summed E-state index contributed by atoms with van der Waals surface area (Å²) >= 11 is 8.01. The largest absolute Gasteiger partial charge is 0.354 e. The van der Waals surface area contributed by atoms with Gasteiger partial charge in [-0.2, -0.15) is 0 Å². The lowest BCUT2D eigenvalue weighted by Crippen LogP contribution is -2.46. The van der Waals surface area contributed by atoms with Crippen LogP contribution in [0.15, 0.2) is 57.2 Å². The summed E-state index contributed by atoms with van der Waals surface area (Å²) in [7, 11) is 0. The highest BCUT2D eigenvalue weighted by Crippen LogP contribution is 2.41. The molecular formula is C19H22ClN3S. The van der Waals surface area contributed by atoms with Gasteiger partial charge in [-0.3, -0.25) is 0 Å². The Morgan fingerprint density at radius 2 is 1.79 bits per heavy atom. The summed E-state index contributed by atoms with van der Waals surface area (Å²) in [6, 6.07) is 14.4. The van der Waals surface area contributed by atoms with Gasteiger partial charge >= 0.3 is 0 Å². The third-order valence-corrected chi connectivity index (χ3v) is 5.29. The van der Waals surface area contributed by atoms with E-state index in [2.05, 4.69) is 34.5 Å². The molecule has 2 aromatic carbocycles. The van der Waals surface area contributed by atoms with Gasteiger partial charge in [0, 0.05) is 46.6 Å². The molecule has 0 bridgehead atoms. The molecule has 0 amide bonds. The van der Waals surface area contributed by atoms with E-state index in [1.807, 2.05) is 32.0 Å². The molecule has 2 aliphatic heterocycles. The fourth-order valence-corrected chi connectivity index (χ4v) is 3.98. The van der Waals surface area contributed by atoms with Crippen LogP contribution in [0.25, 0.3) is 0 Å². The van der Waals surface area contributed by atoms with Crippen molar-refractivity contribution in [1.82, 2.24) is 10.2 Å². The summed E-state index contributed by atoms with van der Waals surface area (Å²) in [6.45, 7) is 7.92. The quantitative estimate of drug-likeness (QED) is 0.731. The molecule has 0 aromatic heterocycles. The average Bonchev–Trinajstić information content (AvgIpc) is 2.80. The molecule has 0 unspecified atom stereocenters. The third kappa shape index (κ3) is 3.61. The van der Waals surface area contributed by atoms with E-state index in [0.717, 1.165) is 48.3 Å². The molecule has 3 nitrogen and oxygen atoms in total. The molecule has 0 radical (unpaired) electrons. The smallest absolute Gasteiger partial charge is 0.137 e. The maximum atomic E-state index is 6.25. The van der Waals surface area contributed by atoms with Crippen molar-refractivity contribution in [2.24, 2.45) is 4.99 Å². The number of rotatable bonds is 0. The van der Waals surface area contributed by atoms with Crippen LogP contribution >= 0.6 is 23.4 Å². The minimum Gasteiger partial charge on any atom is -0.354 e. The maximum absolute atomic E-state index is 6.25. The first-order valence-electron chi connectivity index (χ1n) is 8.42. The normalized spacial score (nSPS) is 16.1. The van der Waals surface area contributed by atoms with Crippen LogP contribution in [0.2, 0.25) is 5.02 Å². The molecule has 5 heteroatoms. The van der Waals surface area contributed by atoms with Crippen LogP contribution in [0.1, 0.15) is 19.4 Å². The Bertz CT molecular complexity index is 739. The number of aliphatic imine (C=N–C) groups is 1. The summed E-state index contributed by atoms with van der Waals surface area (Å²) in [5, 5.41) is 4.15. The molecule has 4 rings (SSSR count). The maximum Gasteiger partial charge on any atom is 0.137 e. The lowest BCUT2D eigenvalue weighted by Gasteiger charge is -2.30. The number of hydrogen-bond acceptors (Lipinski definition) is 4. The molecule has 0 spiro atoms. The van der Waals surface area contributed by atoms with Crippen LogP contribution in [0.4, 0.5) is 5.69 Å². The van der Waals surface area contributed by atoms with E-state index in [0.29, 0.717) is 0 Å². The monoisotopic (exact) mass is 359 g/mol. The highest BCUT2D eigenvalue weighted by atomic mass is 35.5. The third-order valence-electron chi connectivity index (χ3n) is 3.91. The number of piperazine rings is 1. The van der Waals surface area contributed by atoms with E-state index in [9.17, 15) is 0 Å². The highest BCUT2D eigenvalue weighted by molar-refractivity contribution is 7.99. The molecule has 1 N–H and O–H groups in total. The number of para-hydroxylation sites is 1. The van der Waals surface area contributed by atoms with Gasteiger partial charge in [-0.25, -0.2) is 4.99 Å². The minimum absolute atomic E-state index is 0.758. The number of hydrogen-bond donors (Lipinski definition) is 1. The van der Waals surface area contributed by atoms with E-state index < -0.39 is 0 Å². The number of nitrogens with zero attached hydrogens (tertiary/aromatic N) is 2. The molecule has 2 aromatic rings. The predicted molar refractivity (Wildman–Crippen MR) is 104 cm³/mol. The fourth-order valence-electron chi connectivity index (χ4n) is 2.81. The second-order valence-corrected chi connectivity index (χ2v) is 6.90. The summed E-state index contributed by atoms with van der Waals surface area (Å²) in [5.74, 6) is 1.04. The van der Waals surface area contributed by atoms with Crippen molar-refractivity contribution in [2.45, 2.75) is 23.6 Å². The first kappa shape index (κ1) is 17.3. The Labute approximate surface area is 153 Å². The zero-order valence-electron chi connectivity index (χ0n) is 14.1. The van der Waals surface area contributed by atoms with E-state index in [1.165, 1.54) is 9.79 Å². The second kappa shape index (κ2) is 8.06. The molecule has 0 aliphatic carbocycles. The van der Waals surface area contributed by atoms with Crippen LogP contribution in [0, 0.1) is 0 Å². The summed E-state index contributed by atoms with van der Waals surface area (Å²) < 4.78 is 0. The molecule has 24 heavy (non-hydrogen) atoms. The molecule has 2 heterocycles. The van der Waals surface area contributed by atoms with Crippen molar-refractivity contribution in [3.8, 4) is 0 Å². The van der Waals surface area contributed by atoms with Crippen molar-refractivity contribution in [2.75, 3.05) is 26.2 Å². The number of nitrogens with one attached hydrogen (secondary N) is 1. The zero-order valence-corrected chi connectivity index (χ0v) is 15.6. The summed E-state index contributed by atoms with van der Waals surface area (Å²) in [5.41, 5.74) is 2.17. The predicted octanol–water partition coefficient (Wildman–Crippen LogP) is 4.81. The second-order valence-electron chi connectivity index (χ2n) is 5.38. The Morgan fingerprint density at radius 3 is 2.58 bits per heavy atom. The first-order valence-corrected chi connectivity index (χ1v) is 9.62. The van der Waals surface area contributed by atoms with Gasteiger partial charge in [-0.05, 0) is 30.3 Å².